The third kappa shape index (κ3) is 5.17. The average Bonchev–Trinajstić information content (AvgIpc) is 3.01. The number of nitrogens with zero attached hydrogens (tertiary/aromatic N) is 2. The molecule has 1 aromatic carbocycles. The SMILES string of the molecule is Cc1csc(-c2cccc(C(=O)N3CCCC(C(C)N)C3)c2)n1.Cl.Cl. The summed E-state index contributed by atoms with van der Waals surface area (Å²) in [4.78, 5) is 19.3. The molecule has 0 saturated carbocycles. The fourth-order valence-electron chi connectivity index (χ4n) is 3.08. The minimum Gasteiger partial charge on any atom is -0.338 e. The van der Waals surface area contributed by atoms with Crippen LogP contribution < -0.4 is 5.73 Å². The minimum atomic E-state index is 0. The predicted octanol–water partition coefficient (Wildman–Crippen LogP) is 4.16. The van der Waals surface area contributed by atoms with Crippen molar-refractivity contribution in [3.8, 4) is 10.6 Å². The zero-order valence-electron chi connectivity index (χ0n) is 14.5. The van der Waals surface area contributed by atoms with Gasteiger partial charge in [0.15, 0.2) is 0 Å². The molecule has 25 heavy (non-hydrogen) atoms. The van der Waals surface area contributed by atoms with Gasteiger partial charge in [0.25, 0.3) is 5.91 Å². The highest BCUT2D eigenvalue weighted by molar-refractivity contribution is 7.13. The lowest BCUT2D eigenvalue weighted by molar-refractivity contribution is 0.0661. The number of thiazole rings is 1. The highest BCUT2D eigenvalue weighted by Gasteiger charge is 2.26. The van der Waals surface area contributed by atoms with E-state index in [1.807, 2.05) is 48.4 Å². The largest absolute Gasteiger partial charge is 0.338 e. The monoisotopic (exact) mass is 401 g/mol. The number of likely N-dealkylation sites (tertiary alicyclic amines) is 1. The Morgan fingerprint density at radius 1 is 1.40 bits per heavy atom. The summed E-state index contributed by atoms with van der Waals surface area (Å²) in [6.07, 6.45) is 2.14. The lowest BCUT2D eigenvalue weighted by Crippen LogP contribution is -2.45. The Hall–Kier alpha value is -1.14. The van der Waals surface area contributed by atoms with Gasteiger partial charge in [-0.15, -0.1) is 36.2 Å². The molecule has 0 bridgehead atoms. The van der Waals surface area contributed by atoms with E-state index in [1.54, 1.807) is 11.3 Å². The van der Waals surface area contributed by atoms with E-state index in [0.29, 0.717) is 5.92 Å². The van der Waals surface area contributed by atoms with Crippen molar-refractivity contribution in [2.45, 2.75) is 32.7 Å². The number of carbonyl (C=O) groups is 1. The van der Waals surface area contributed by atoms with Crippen molar-refractivity contribution in [1.82, 2.24) is 9.88 Å². The molecule has 2 unspecified atom stereocenters. The Balaban J connectivity index is 0.00000156. The van der Waals surface area contributed by atoms with Crippen LogP contribution in [0.2, 0.25) is 0 Å². The lowest BCUT2D eigenvalue weighted by atomic mass is 9.92. The van der Waals surface area contributed by atoms with Gasteiger partial charge in [-0.05, 0) is 44.7 Å². The molecule has 1 amide bonds. The molecule has 3 rings (SSSR count). The number of benzene rings is 1. The number of piperidine rings is 1. The molecular weight excluding hydrogens is 377 g/mol. The maximum atomic E-state index is 12.8. The first-order valence-corrected chi connectivity index (χ1v) is 9.00. The molecule has 1 aliphatic heterocycles. The van der Waals surface area contributed by atoms with Crippen LogP contribution in [0.25, 0.3) is 10.6 Å². The lowest BCUT2D eigenvalue weighted by Gasteiger charge is -2.34. The summed E-state index contributed by atoms with van der Waals surface area (Å²) in [5.74, 6) is 0.503. The molecule has 1 fully saturated rings. The molecule has 1 saturated heterocycles. The zero-order valence-corrected chi connectivity index (χ0v) is 16.9. The molecule has 4 nitrogen and oxygen atoms in total. The van der Waals surface area contributed by atoms with Crippen LogP contribution in [0.1, 0.15) is 35.8 Å². The fourth-order valence-corrected chi connectivity index (χ4v) is 3.87. The first-order valence-electron chi connectivity index (χ1n) is 8.12. The predicted molar refractivity (Wildman–Crippen MR) is 109 cm³/mol. The molecule has 0 radical (unpaired) electrons. The number of aryl methyl sites for hydroxylation is 1. The van der Waals surface area contributed by atoms with Crippen molar-refractivity contribution < 1.29 is 4.79 Å². The summed E-state index contributed by atoms with van der Waals surface area (Å²) >= 11 is 1.61. The van der Waals surface area contributed by atoms with Crippen LogP contribution in [-0.2, 0) is 0 Å². The van der Waals surface area contributed by atoms with Crippen molar-refractivity contribution in [3.05, 3.63) is 40.9 Å². The van der Waals surface area contributed by atoms with Crippen LogP contribution in [0.4, 0.5) is 0 Å². The molecule has 0 spiro atoms. The van der Waals surface area contributed by atoms with Gasteiger partial charge < -0.3 is 10.6 Å². The van der Waals surface area contributed by atoms with Crippen molar-refractivity contribution in [2.75, 3.05) is 13.1 Å². The second-order valence-electron chi connectivity index (χ2n) is 6.39. The smallest absolute Gasteiger partial charge is 0.253 e. The van der Waals surface area contributed by atoms with Crippen LogP contribution in [-0.4, -0.2) is 34.9 Å². The molecule has 2 heterocycles. The maximum absolute atomic E-state index is 12.8. The molecular formula is C18H25Cl2N3OS. The van der Waals surface area contributed by atoms with Gasteiger partial charge >= 0.3 is 0 Å². The van der Waals surface area contributed by atoms with Gasteiger partial charge in [-0.2, -0.15) is 0 Å². The molecule has 1 aromatic heterocycles. The van der Waals surface area contributed by atoms with E-state index >= 15 is 0 Å². The fraction of sp³-hybridized carbons (Fsp3) is 0.444. The quantitative estimate of drug-likeness (QED) is 0.839. The summed E-state index contributed by atoms with van der Waals surface area (Å²) in [6, 6.07) is 7.93. The van der Waals surface area contributed by atoms with E-state index < -0.39 is 0 Å². The van der Waals surface area contributed by atoms with Crippen molar-refractivity contribution in [2.24, 2.45) is 11.7 Å². The molecule has 7 heteroatoms. The number of halogens is 2. The third-order valence-electron chi connectivity index (χ3n) is 4.46. The van der Waals surface area contributed by atoms with Crippen molar-refractivity contribution in [1.29, 1.82) is 0 Å². The third-order valence-corrected chi connectivity index (χ3v) is 5.47. The Morgan fingerprint density at radius 2 is 2.16 bits per heavy atom. The van der Waals surface area contributed by atoms with E-state index in [4.69, 9.17) is 5.73 Å². The second kappa shape index (κ2) is 9.53. The number of rotatable bonds is 3. The molecule has 1 aliphatic rings. The van der Waals surface area contributed by atoms with Gasteiger partial charge in [0, 0.05) is 41.3 Å². The maximum Gasteiger partial charge on any atom is 0.253 e. The van der Waals surface area contributed by atoms with E-state index in [2.05, 4.69) is 4.98 Å². The Labute approximate surface area is 165 Å². The van der Waals surface area contributed by atoms with E-state index in [-0.39, 0.29) is 36.8 Å². The van der Waals surface area contributed by atoms with Gasteiger partial charge in [-0.3, -0.25) is 4.79 Å². The van der Waals surface area contributed by atoms with Crippen LogP contribution >= 0.6 is 36.2 Å². The average molecular weight is 402 g/mol. The van der Waals surface area contributed by atoms with Crippen LogP contribution in [0.15, 0.2) is 29.6 Å². The Kier molecular flexibility index (Phi) is 8.35. The van der Waals surface area contributed by atoms with E-state index in [9.17, 15) is 4.79 Å². The summed E-state index contributed by atoms with van der Waals surface area (Å²) < 4.78 is 0. The summed E-state index contributed by atoms with van der Waals surface area (Å²) in [7, 11) is 0. The number of aromatic nitrogens is 1. The highest BCUT2D eigenvalue weighted by atomic mass is 35.5. The summed E-state index contributed by atoms with van der Waals surface area (Å²) in [6.45, 7) is 5.60. The van der Waals surface area contributed by atoms with E-state index in [1.165, 1.54) is 0 Å². The van der Waals surface area contributed by atoms with Gasteiger partial charge in [0.1, 0.15) is 5.01 Å². The second-order valence-corrected chi connectivity index (χ2v) is 7.25. The standard InChI is InChI=1S/C18H23N3OS.2ClH/c1-12-11-23-17(20-12)14-5-3-6-15(9-14)18(22)21-8-4-7-16(10-21)13(2)19;;/h3,5-6,9,11,13,16H,4,7-8,10,19H2,1-2H3;2*1H. The summed E-state index contributed by atoms with van der Waals surface area (Å²) in [5.41, 5.74) is 8.78. The number of carbonyl (C=O) groups excluding carboxylic acids is 1. The Morgan fingerprint density at radius 3 is 2.80 bits per heavy atom. The van der Waals surface area contributed by atoms with Crippen LogP contribution in [0.5, 0.6) is 0 Å². The summed E-state index contributed by atoms with van der Waals surface area (Å²) in [5, 5.41) is 2.99. The van der Waals surface area contributed by atoms with Gasteiger partial charge in [0.2, 0.25) is 0 Å². The number of hydrogen-bond donors (Lipinski definition) is 1. The van der Waals surface area contributed by atoms with Gasteiger partial charge in [-0.1, -0.05) is 12.1 Å². The zero-order chi connectivity index (χ0) is 16.4. The number of nitrogens with two attached hydrogens (primary N) is 1. The van der Waals surface area contributed by atoms with Crippen LogP contribution in [0.3, 0.4) is 0 Å². The van der Waals surface area contributed by atoms with Crippen molar-refractivity contribution >= 4 is 42.1 Å². The molecule has 2 aromatic rings. The van der Waals surface area contributed by atoms with Gasteiger partial charge in [-0.25, -0.2) is 4.98 Å². The molecule has 138 valence electrons. The topological polar surface area (TPSA) is 59.2 Å². The highest BCUT2D eigenvalue weighted by Crippen LogP contribution is 2.26. The number of hydrogen-bond acceptors (Lipinski definition) is 4. The Bertz CT molecular complexity index is 705. The number of amides is 1. The van der Waals surface area contributed by atoms with Crippen molar-refractivity contribution in [3.63, 3.8) is 0 Å². The van der Waals surface area contributed by atoms with Gasteiger partial charge in [0.05, 0.1) is 0 Å². The van der Waals surface area contributed by atoms with Crippen LogP contribution in [0, 0.1) is 12.8 Å². The first kappa shape index (κ1) is 21.9. The minimum absolute atomic E-state index is 0. The molecule has 2 atom stereocenters. The normalized spacial score (nSPS) is 18.0. The van der Waals surface area contributed by atoms with E-state index in [0.717, 1.165) is 47.8 Å². The molecule has 2 N–H and O–H groups in total. The first-order chi connectivity index (χ1) is 11.0. The molecule has 0 aliphatic carbocycles.